The molecule has 4 aromatic rings. The van der Waals surface area contributed by atoms with Crippen LogP contribution in [0.15, 0.2) is 71.2 Å². The van der Waals surface area contributed by atoms with Gasteiger partial charge in [-0.2, -0.15) is 0 Å². The Morgan fingerprint density at radius 2 is 1.80 bits per heavy atom. The molecule has 30 heavy (non-hydrogen) atoms. The Bertz CT molecular complexity index is 1230. The smallest absolute Gasteiger partial charge is 0.295 e. The van der Waals surface area contributed by atoms with Crippen LogP contribution in [0.5, 0.6) is 0 Å². The van der Waals surface area contributed by atoms with E-state index in [0.717, 1.165) is 26.9 Å². The van der Waals surface area contributed by atoms with Crippen molar-refractivity contribution in [2.45, 2.75) is 13.8 Å². The van der Waals surface area contributed by atoms with Crippen LogP contribution in [0, 0.1) is 13.8 Å². The standard InChI is InChI=1S/C23H18BrClN4O/c1-14-4-3-5-19(12-14)26-23(30)21-27-22(16-7-9-17(24)10-8-16)29(28-21)20-13-18(25)11-6-15(20)2/h3-13H,1-2H3,(H,26,30). The Labute approximate surface area is 187 Å². The zero-order chi connectivity index (χ0) is 21.3. The van der Waals surface area contributed by atoms with E-state index < -0.39 is 0 Å². The summed E-state index contributed by atoms with van der Waals surface area (Å²) in [5.74, 6) is 0.258. The lowest BCUT2D eigenvalue weighted by Gasteiger charge is -2.09. The molecule has 0 aliphatic rings. The van der Waals surface area contributed by atoms with Gasteiger partial charge in [-0.1, -0.05) is 57.9 Å². The van der Waals surface area contributed by atoms with Gasteiger partial charge in [-0.25, -0.2) is 9.67 Å². The summed E-state index contributed by atoms with van der Waals surface area (Å²) in [6.45, 7) is 3.93. The van der Waals surface area contributed by atoms with Crippen molar-refractivity contribution in [3.05, 3.63) is 93.2 Å². The molecule has 0 radical (unpaired) electrons. The number of benzene rings is 3. The summed E-state index contributed by atoms with van der Waals surface area (Å²) >= 11 is 9.68. The number of hydrogen-bond acceptors (Lipinski definition) is 3. The minimum absolute atomic E-state index is 0.0776. The van der Waals surface area contributed by atoms with Crippen LogP contribution in [0.3, 0.4) is 0 Å². The molecule has 1 amide bonds. The summed E-state index contributed by atoms with van der Waals surface area (Å²) in [4.78, 5) is 17.4. The Hall–Kier alpha value is -2.96. The van der Waals surface area contributed by atoms with Crippen molar-refractivity contribution in [2.75, 3.05) is 5.32 Å². The predicted molar refractivity (Wildman–Crippen MR) is 123 cm³/mol. The average molecular weight is 482 g/mol. The Balaban J connectivity index is 1.80. The highest BCUT2D eigenvalue weighted by molar-refractivity contribution is 9.10. The largest absolute Gasteiger partial charge is 0.319 e. The maximum Gasteiger partial charge on any atom is 0.295 e. The second kappa shape index (κ2) is 8.42. The SMILES string of the molecule is Cc1cccc(NC(=O)c2nc(-c3ccc(Br)cc3)n(-c3cc(Cl)ccc3C)n2)c1. The predicted octanol–water partition coefficient (Wildman–Crippen LogP) is 6.22. The van der Waals surface area contributed by atoms with E-state index in [1.165, 1.54) is 0 Å². The number of anilines is 1. The van der Waals surface area contributed by atoms with Gasteiger partial charge in [0.2, 0.25) is 5.82 Å². The fourth-order valence-corrected chi connectivity index (χ4v) is 3.51. The van der Waals surface area contributed by atoms with E-state index in [1.807, 2.05) is 80.6 Å². The molecule has 1 heterocycles. The van der Waals surface area contributed by atoms with E-state index in [-0.39, 0.29) is 11.7 Å². The summed E-state index contributed by atoms with van der Waals surface area (Å²) in [6.07, 6.45) is 0. The van der Waals surface area contributed by atoms with Crippen LogP contribution >= 0.6 is 27.5 Å². The quantitative estimate of drug-likeness (QED) is 0.376. The lowest BCUT2D eigenvalue weighted by Crippen LogP contribution is -2.14. The molecule has 1 N–H and O–H groups in total. The van der Waals surface area contributed by atoms with Crippen molar-refractivity contribution < 1.29 is 4.79 Å². The van der Waals surface area contributed by atoms with E-state index in [9.17, 15) is 4.79 Å². The first kappa shape index (κ1) is 20.3. The van der Waals surface area contributed by atoms with Gasteiger partial charge in [-0.05, 0) is 61.4 Å². The van der Waals surface area contributed by atoms with Crippen molar-refractivity contribution in [3.8, 4) is 17.1 Å². The summed E-state index contributed by atoms with van der Waals surface area (Å²) in [7, 11) is 0. The number of aryl methyl sites for hydroxylation is 2. The number of carbonyl (C=O) groups excluding carboxylic acids is 1. The second-order valence-electron chi connectivity index (χ2n) is 6.93. The average Bonchev–Trinajstić information content (AvgIpc) is 3.16. The third kappa shape index (κ3) is 4.30. The maximum absolute atomic E-state index is 12.9. The highest BCUT2D eigenvalue weighted by Crippen LogP contribution is 2.26. The summed E-state index contributed by atoms with van der Waals surface area (Å²) in [5.41, 5.74) is 4.31. The second-order valence-corrected chi connectivity index (χ2v) is 8.28. The molecule has 7 heteroatoms. The zero-order valence-corrected chi connectivity index (χ0v) is 18.7. The molecule has 150 valence electrons. The number of rotatable bonds is 4. The van der Waals surface area contributed by atoms with E-state index in [4.69, 9.17) is 11.6 Å². The van der Waals surface area contributed by atoms with Gasteiger partial charge in [0, 0.05) is 20.7 Å². The normalized spacial score (nSPS) is 10.8. The van der Waals surface area contributed by atoms with E-state index in [0.29, 0.717) is 16.5 Å². The van der Waals surface area contributed by atoms with E-state index in [2.05, 4.69) is 31.3 Å². The van der Waals surface area contributed by atoms with Crippen molar-refractivity contribution in [2.24, 2.45) is 0 Å². The Kier molecular flexibility index (Phi) is 5.70. The van der Waals surface area contributed by atoms with E-state index >= 15 is 0 Å². The van der Waals surface area contributed by atoms with Gasteiger partial charge in [-0.3, -0.25) is 4.79 Å². The molecule has 5 nitrogen and oxygen atoms in total. The van der Waals surface area contributed by atoms with Crippen LogP contribution in [-0.4, -0.2) is 20.7 Å². The van der Waals surface area contributed by atoms with Gasteiger partial charge in [0.1, 0.15) is 0 Å². The highest BCUT2D eigenvalue weighted by atomic mass is 79.9. The third-order valence-corrected chi connectivity index (χ3v) is 5.35. The van der Waals surface area contributed by atoms with Crippen LogP contribution in [0.4, 0.5) is 5.69 Å². The fourth-order valence-electron chi connectivity index (χ4n) is 3.08. The van der Waals surface area contributed by atoms with Gasteiger partial charge in [0.15, 0.2) is 5.82 Å². The number of aromatic nitrogens is 3. The van der Waals surface area contributed by atoms with Gasteiger partial charge < -0.3 is 5.32 Å². The molecule has 1 aromatic heterocycles. The maximum atomic E-state index is 12.9. The van der Waals surface area contributed by atoms with Gasteiger partial charge in [0.05, 0.1) is 5.69 Å². The molecule has 0 aliphatic carbocycles. The number of carbonyl (C=O) groups is 1. The van der Waals surface area contributed by atoms with Gasteiger partial charge in [0.25, 0.3) is 5.91 Å². The highest BCUT2D eigenvalue weighted by Gasteiger charge is 2.20. The van der Waals surface area contributed by atoms with Crippen LogP contribution in [-0.2, 0) is 0 Å². The number of halogens is 2. The fraction of sp³-hybridized carbons (Fsp3) is 0.0870. The molecule has 0 saturated heterocycles. The molecule has 0 saturated carbocycles. The van der Waals surface area contributed by atoms with Crippen LogP contribution < -0.4 is 5.32 Å². The van der Waals surface area contributed by atoms with Crippen LogP contribution in [0.25, 0.3) is 17.1 Å². The zero-order valence-electron chi connectivity index (χ0n) is 16.4. The molecule has 0 unspecified atom stereocenters. The first-order chi connectivity index (χ1) is 14.4. The third-order valence-electron chi connectivity index (χ3n) is 4.59. The number of amides is 1. The van der Waals surface area contributed by atoms with Crippen molar-refractivity contribution >= 4 is 39.1 Å². The Morgan fingerprint density at radius 3 is 2.53 bits per heavy atom. The molecule has 0 fully saturated rings. The molecule has 3 aromatic carbocycles. The molecule has 0 spiro atoms. The molecule has 0 bridgehead atoms. The number of nitrogens with one attached hydrogen (secondary N) is 1. The molecule has 0 aliphatic heterocycles. The van der Waals surface area contributed by atoms with Crippen LogP contribution in [0.2, 0.25) is 5.02 Å². The van der Waals surface area contributed by atoms with E-state index in [1.54, 1.807) is 4.68 Å². The number of hydrogen-bond donors (Lipinski definition) is 1. The Morgan fingerprint density at radius 1 is 1.03 bits per heavy atom. The molecular formula is C23H18BrClN4O. The summed E-state index contributed by atoms with van der Waals surface area (Å²) in [5, 5.41) is 7.97. The monoisotopic (exact) mass is 480 g/mol. The van der Waals surface area contributed by atoms with Gasteiger partial charge in [-0.15, -0.1) is 5.10 Å². The van der Waals surface area contributed by atoms with Crippen molar-refractivity contribution in [1.82, 2.24) is 14.8 Å². The minimum Gasteiger partial charge on any atom is -0.319 e. The van der Waals surface area contributed by atoms with Crippen molar-refractivity contribution in [3.63, 3.8) is 0 Å². The lowest BCUT2D eigenvalue weighted by molar-refractivity contribution is 0.101. The summed E-state index contributed by atoms with van der Waals surface area (Å²) in [6, 6.07) is 20.8. The lowest BCUT2D eigenvalue weighted by atomic mass is 10.2. The van der Waals surface area contributed by atoms with Crippen LogP contribution in [0.1, 0.15) is 21.7 Å². The molecular weight excluding hydrogens is 464 g/mol. The minimum atomic E-state index is -0.377. The molecule has 0 atom stereocenters. The van der Waals surface area contributed by atoms with Crippen molar-refractivity contribution in [1.29, 1.82) is 0 Å². The first-order valence-electron chi connectivity index (χ1n) is 9.28. The van der Waals surface area contributed by atoms with Gasteiger partial charge >= 0.3 is 0 Å². The topological polar surface area (TPSA) is 59.8 Å². The molecule has 4 rings (SSSR count). The number of nitrogens with zero attached hydrogens (tertiary/aromatic N) is 3. The summed E-state index contributed by atoms with van der Waals surface area (Å²) < 4.78 is 2.61. The first-order valence-corrected chi connectivity index (χ1v) is 10.5.